The summed E-state index contributed by atoms with van der Waals surface area (Å²) in [4.78, 5) is 10.5. The predicted octanol–water partition coefficient (Wildman–Crippen LogP) is 3.96. The summed E-state index contributed by atoms with van der Waals surface area (Å²) in [6.45, 7) is 12.1. The lowest BCUT2D eigenvalue weighted by atomic mass is 10.2. The van der Waals surface area contributed by atoms with Gasteiger partial charge in [-0.15, -0.1) is 0 Å². The number of carbonyl (C=O) groups excluding carboxylic acids is 1. The van der Waals surface area contributed by atoms with E-state index in [1.807, 2.05) is 0 Å². The van der Waals surface area contributed by atoms with Crippen molar-refractivity contribution in [1.82, 2.24) is 5.32 Å². The van der Waals surface area contributed by atoms with Crippen LogP contribution >= 0.6 is 0 Å². The fourth-order valence-corrected chi connectivity index (χ4v) is 1.50. The Morgan fingerprint density at radius 2 is 1.68 bits per heavy atom. The third kappa shape index (κ3) is 27.0. The van der Waals surface area contributed by atoms with Crippen LogP contribution in [0.25, 0.3) is 0 Å². The number of hydrogen-bond donors (Lipinski definition) is 1. The summed E-state index contributed by atoms with van der Waals surface area (Å²) in [5, 5.41) is 3.28. The topological polar surface area (TPSA) is 38.3 Å². The fraction of sp³-hybridized carbons (Fsp3) is 0.938. The highest BCUT2D eigenvalue weighted by molar-refractivity contribution is 5.75. The molecule has 0 saturated heterocycles. The van der Waals surface area contributed by atoms with Gasteiger partial charge in [0.2, 0.25) is 0 Å². The van der Waals surface area contributed by atoms with E-state index in [1.165, 1.54) is 25.8 Å². The Labute approximate surface area is 120 Å². The van der Waals surface area contributed by atoms with Crippen LogP contribution in [0.15, 0.2) is 0 Å². The Bertz CT molecular complexity index is 166. The highest BCUT2D eigenvalue weighted by Crippen LogP contribution is 1.96. The zero-order valence-corrected chi connectivity index (χ0v) is 13.6. The zero-order valence-electron chi connectivity index (χ0n) is 13.6. The summed E-state index contributed by atoms with van der Waals surface area (Å²) < 4.78 is 5.25. The van der Waals surface area contributed by atoms with E-state index < -0.39 is 0 Å². The minimum atomic E-state index is 0.278. The van der Waals surface area contributed by atoms with E-state index in [4.69, 9.17) is 4.74 Å². The van der Waals surface area contributed by atoms with E-state index >= 15 is 0 Å². The van der Waals surface area contributed by atoms with Gasteiger partial charge in [-0.1, -0.05) is 33.6 Å². The van der Waals surface area contributed by atoms with E-state index in [2.05, 4.69) is 26.1 Å². The average molecular weight is 273 g/mol. The van der Waals surface area contributed by atoms with Crippen LogP contribution in [-0.4, -0.2) is 32.1 Å². The maximum atomic E-state index is 10.5. The Balaban J connectivity index is 0. The molecule has 0 amide bonds. The van der Waals surface area contributed by atoms with Crippen molar-refractivity contribution in [3.63, 3.8) is 0 Å². The van der Waals surface area contributed by atoms with Gasteiger partial charge in [-0.2, -0.15) is 0 Å². The second-order valence-electron chi connectivity index (χ2n) is 4.83. The minimum Gasteiger partial charge on any atom is -0.381 e. The molecule has 0 saturated carbocycles. The molecule has 3 nitrogen and oxygen atoms in total. The lowest BCUT2D eigenvalue weighted by molar-refractivity contribution is -0.117. The van der Waals surface area contributed by atoms with Crippen LogP contribution < -0.4 is 5.32 Å². The molecule has 0 aromatic carbocycles. The second-order valence-corrected chi connectivity index (χ2v) is 4.83. The number of nitrogens with one attached hydrogen (secondary N) is 1. The minimum absolute atomic E-state index is 0.278. The van der Waals surface area contributed by atoms with Gasteiger partial charge in [0.05, 0.1) is 0 Å². The Kier molecular flexibility index (Phi) is 21.9. The van der Waals surface area contributed by atoms with Gasteiger partial charge in [0.1, 0.15) is 5.78 Å². The highest BCUT2D eigenvalue weighted by Gasteiger charge is 1.92. The molecule has 0 aliphatic heterocycles. The second kappa shape index (κ2) is 19.9. The van der Waals surface area contributed by atoms with E-state index in [-0.39, 0.29) is 5.78 Å². The highest BCUT2D eigenvalue weighted by atomic mass is 16.5. The van der Waals surface area contributed by atoms with Crippen molar-refractivity contribution in [1.29, 1.82) is 0 Å². The van der Waals surface area contributed by atoms with Crippen LogP contribution in [0.4, 0.5) is 0 Å². The van der Waals surface area contributed by atoms with E-state index in [0.29, 0.717) is 6.42 Å². The molecule has 0 aromatic rings. The summed E-state index contributed by atoms with van der Waals surface area (Å²) >= 11 is 0. The summed E-state index contributed by atoms with van der Waals surface area (Å²) in [6, 6.07) is 0. The molecule has 1 N–H and O–H groups in total. The molecule has 0 atom stereocenters. The van der Waals surface area contributed by atoms with Crippen molar-refractivity contribution < 1.29 is 9.53 Å². The van der Waals surface area contributed by atoms with Gasteiger partial charge in [0.25, 0.3) is 0 Å². The molecule has 0 fully saturated rings. The van der Waals surface area contributed by atoms with Gasteiger partial charge in [-0.3, -0.25) is 0 Å². The largest absolute Gasteiger partial charge is 0.381 e. The van der Waals surface area contributed by atoms with Crippen molar-refractivity contribution in [2.24, 2.45) is 0 Å². The third-order valence-electron chi connectivity index (χ3n) is 2.62. The van der Waals surface area contributed by atoms with Gasteiger partial charge >= 0.3 is 0 Å². The van der Waals surface area contributed by atoms with Crippen LogP contribution in [0.3, 0.4) is 0 Å². The Morgan fingerprint density at radius 1 is 0.947 bits per heavy atom. The molecule has 0 spiro atoms. The molecule has 0 bridgehead atoms. The van der Waals surface area contributed by atoms with Crippen LogP contribution in [-0.2, 0) is 9.53 Å². The fourth-order valence-electron chi connectivity index (χ4n) is 1.50. The predicted molar refractivity (Wildman–Crippen MR) is 83.7 cm³/mol. The standard InChI is InChI=1S/C9H18O2.C7H17N/c1-3-7-11-8-5-4-6-9(2)10;1-3-5-6-7-8-4-2/h3-8H2,1-2H3;8H,3-7H2,1-2H3. The summed E-state index contributed by atoms with van der Waals surface area (Å²) in [5.41, 5.74) is 0. The van der Waals surface area contributed by atoms with Crippen LogP contribution in [0, 0.1) is 0 Å². The van der Waals surface area contributed by atoms with Crippen LogP contribution in [0.1, 0.15) is 72.6 Å². The molecular formula is C16H35NO2. The number of ketones is 1. The van der Waals surface area contributed by atoms with E-state index in [0.717, 1.165) is 39.0 Å². The molecular weight excluding hydrogens is 238 g/mol. The quantitative estimate of drug-likeness (QED) is 0.547. The number of ether oxygens (including phenoxy) is 1. The molecule has 0 aliphatic carbocycles. The van der Waals surface area contributed by atoms with Crippen molar-refractivity contribution in [2.75, 3.05) is 26.3 Å². The summed E-state index contributed by atoms with van der Waals surface area (Å²) in [6.07, 6.45) is 7.80. The lowest BCUT2D eigenvalue weighted by Gasteiger charge is -2.00. The number of Topliss-reactive ketones (excluding diaryl/α,β-unsaturated/α-hetero) is 1. The SMILES string of the molecule is CCCCCNCC.CCCOCCCCC(C)=O. The van der Waals surface area contributed by atoms with Crippen molar-refractivity contribution in [3.8, 4) is 0 Å². The molecule has 0 radical (unpaired) electrons. The third-order valence-corrected chi connectivity index (χ3v) is 2.62. The molecule has 116 valence electrons. The number of unbranched alkanes of at least 4 members (excludes halogenated alkanes) is 3. The van der Waals surface area contributed by atoms with Crippen LogP contribution in [0.2, 0.25) is 0 Å². The van der Waals surface area contributed by atoms with Crippen LogP contribution in [0.5, 0.6) is 0 Å². The van der Waals surface area contributed by atoms with E-state index in [1.54, 1.807) is 6.92 Å². The van der Waals surface area contributed by atoms with E-state index in [9.17, 15) is 4.79 Å². The maximum absolute atomic E-state index is 10.5. The first-order chi connectivity index (χ1) is 9.18. The Hall–Kier alpha value is -0.410. The van der Waals surface area contributed by atoms with Crippen molar-refractivity contribution >= 4 is 5.78 Å². The first-order valence-corrected chi connectivity index (χ1v) is 7.96. The Morgan fingerprint density at radius 3 is 2.21 bits per heavy atom. The molecule has 0 rings (SSSR count). The molecule has 0 aliphatic rings. The smallest absolute Gasteiger partial charge is 0.129 e. The average Bonchev–Trinajstić information content (AvgIpc) is 2.39. The summed E-state index contributed by atoms with van der Waals surface area (Å²) in [5.74, 6) is 0.278. The first-order valence-electron chi connectivity index (χ1n) is 7.96. The normalized spacial score (nSPS) is 9.89. The summed E-state index contributed by atoms with van der Waals surface area (Å²) in [7, 11) is 0. The van der Waals surface area contributed by atoms with Gasteiger partial charge in [0.15, 0.2) is 0 Å². The first kappa shape index (κ1) is 20.9. The molecule has 0 unspecified atom stereocenters. The maximum Gasteiger partial charge on any atom is 0.129 e. The number of hydrogen-bond acceptors (Lipinski definition) is 3. The molecule has 19 heavy (non-hydrogen) atoms. The van der Waals surface area contributed by atoms with Crippen molar-refractivity contribution in [3.05, 3.63) is 0 Å². The van der Waals surface area contributed by atoms with Gasteiger partial charge in [-0.25, -0.2) is 0 Å². The number of rotatable bonds is 12. The monoisotopic (exact) mass is 273 g/mol. The molecule has 0 heterocycles. The zero-order chi connectivity index (χ0) is 14.8. The molecule has 3 heteroatoms. The van der Waals surface area contributed by atoms with Gasteiger partial charge < -0.3 is 14.8 Å². The van der Waals surface area contributed by atoms with Gasteiger partial charge in [-0.05, 0) is 45.7 Å². The van der Waals surface area contributed by atoms with Gasteiger partial charge in [0, 0.05) is 19.6 Å². The number of carbonyl (C=O) groups is 1. The van der Waals surface area contributed by atoms with Crippen molar-refractivity contribution in [2.45, 2.75) is 72.6 Å². The lowest BCUT2D eigenvalue weighted by Crippen LogP contribution is -2.13. The molecule has 0 aromatic heterocycles.